The Bertz CT molecular complexity index is 1250. The lowest BCUT2D eigenvalue weighted by Gasteiger charge is -2.30. The molecular formula is C24H30N2O5S. The lowest BCUT2D eigenvalue weighted by molar-refractivity contribution is -0.120. The predicted octanol–water partition coefficient (Wildman–Crippen LogP) is 4.81. The summed E-state index contributed by atoms with van der Waals surface area (Å²) in [5.74, 6) is 0.307. The van der Waals surface area contributed by atoms with Gasteiger partial charge in [0.2, 0.25) is 15.9 Å². The molecule has 172 valence electrons. The Labute approximate surface area is 188 Å². The molecule has 0 radical (unpaired) electrons. The largest absolute Gasteiger partial charge is 0.495 e. The molecule has 3 aromatic rings. The van der Waals surface area contributed by atoms with Gasteiger partial charge in [-0.2, -0.15) is 0 Å². The zero-order valence-corrected chi connectivity index (χ0v) is 19.7. The van der Waals surface area contributed by atoms with Crippen molar-refractivity contribution in [3.05, 3.63) is 36.4 Å². The fraction of sp³-hybridized carbons (Fsp3) is 0.458. The second-order valence-corrected chi connectivity index (χ2v) is 11.9. The van der Waals surface area contributed by atoms with Gasteiger partial charge in [-0.25, -0.2) is 13.1 Å². The van der Waals surface area contributed by atoms with Crippen LogP contribution in [0.3, 0.4) is 0 Å². The molecule has 0 aliphatic heterocycles. The van der Waals surface area contributed by atoms with E-state index in [1.165, 1.54) is 0 Å². The van der Waals surface area contributed by atoms with Crippen molar-refractivity contribution in [1.82, 2.24) is 4.72 Å². The van der Waals surface area contributed by atoms with E-state index in [0.29, 0.717) is 42.7 Å². The maximum absolute atomic E-state index is 13.0. The van der Waals surface area contributed by atoms with Gasteiger partial charge in [0, 0.05) is 28.8 Å². The third-order valence-corrected chi connectivity index (χ3v) is 8.44. The number of hydrogen-bond acceptors (Lipinski definition) is 5. The minimum Gasteiger partial charge on any atom is -0.495 e. The van der Waals surface area contributed by atoms with Crippen LogP contribution in [0, 0.1) is 5.92 Å². The third-order valence-electron chi connectivity index (χ3n) is 6.18. The first-order valence-electron chi connectivity index (χ1n) is 10.9. The maximum Gasteiger partial charge on any atom is 0.227 e. The minimum absolute atomic E-state index is 0.0871. The Morgan fingerprint density at radius 2 is 1.72 bits per heavy atom. The number of anilines is 1. The summed E-state index contributed by atoms with van der Waals surface area (Å²) in [6.45, 7) is 5.04. The number of fused-ring (bicyclic) bond motifs is 3. The lowest BCUT2D eigenvalue weighted by Crippen LogP contribution is -2.46. The van der Waals surface area contributed by atoms with Crippen LogP contribution in [-0.4, -0.2) is 32.2 Å². The van der Waals surface area contributed by atoms with E-state index in [9.17, 15) is 13.2 Å². The molecule has 32 heavy (non-hydrogen) atoms. The first-order valence-corrected chi connectivity index (χ1v) is 12.4. The number of para-hydroxylation sites is 1. The first-order chi connectivity index (χ1) is 15.1. The molecule has 1 heterocycles. The van der Waals surface area contributed by atoms with Gasteiger partial charge in [0.25, 0.3) is 0 Å². The Morgan fingerprint density at radius 3 is 2.38 bits per heavy atom. The van der Waals surface area contributed by atoms with Gasteiger partial charge in [0.15, 0.2) is 0 Å². The number of hydrogen-bond donors (Lipinski definition) is 2. The van der Waals surface area contributed by atoms with Gasteiger partial charge in [0.05, 0.1) is 17.5 Å². The van der Waals surface area contributed by atoms with E-state index in [0.717, 1.165) is 16.4 Å². The van der Waals surface area contributed by atoms with Crippen LogP contribution < -0.4 is 14.8 Å². The Hall–Kier alpha value is -2.58. The van der Waals surface area contributed by atoms with Crippen LogP contribution in [0.25, 0.3) is 21.9 Å². The van der Waals surface area contributed by atoms with Crippen LogP contribution >= 0.6 is 0 Å². The number of carbonyl (C=O) groups is 1. The van der Waals surface area contributed by atoms with E-state index in [4.69, 9.17) is 9.15 Å². The molecule has 2 aromatic carbocycles. The molecule has 7 nitrogen and oxygen atoms in total. The summed E-state index contributed by atoms with van der Waals surface area (Å²) in [5.41, 5.74) is 2.03. The van der Waals surface area contributed by atoms with Crippen LogP contribution in [0.15, 0.2) is 40.8 Å². The number of ether oxygens (including phenoxy) is 1. The van der Waals surface area contributed by atoms with Gasteiger partial charge in [-0.15, -0.1) is 0 Å². The maximum atomic E-state index is 13.0. The average Bonchev–Trinajstić information content (AvgIpc) is 3.10. The lowest BCUT2D eigenvalue weighted by atomic mass is 9.86. The highest BCUT2D eigenvalue weighted by atomic mass is 32.2. The highest BCUT2D eigenvalue weighted by Crippen LogP contribution is 2.37. The van der Waals surface area contributed by atoms with E-state index < -0.39 is 14.8 Å². The molecule has 1 aliphatic carbocycles. The van der Waals surface area contributed by atoms with Gasteiger partial charge in [0.1, 0.15) is 16.9 Å². The van der Waals surface area contributed by atoms with E-state index in [1.54, 1.807) is 33.9 Å². The number of furan rings is 1. The van der Waals surface area contributed by atoms with Crippen LogP contribution in [0.4, 0.5) is 5.69 Å². The third kappa shape index (κ3) is 4.34. The zero-order valence-electron chi connectivity index (χ0n) is 18.9. The highest BCUT2D eigenvalue weighted by Gasteiger charge is 2.34. The standard InChI is InChI=1S/C24H30N2O5S/c1-24(2,3)32(28,29)26-16-11-9-15(10-12-16)23(27)25-19-14-21-18(13-22(19)30-4)17-7-5-6-8-20(17)31-21/h5-8,13-16,26H,9-12H2,1-4H3,(H,25,27). The average molecular weight is 459 g/mol. The molecule has 8 heteroatoms. The van der Waals surface area contributed by atoms with Crippen LogP contribution in [0.2, 0.25) is 0 Å². The molecule has 0 unspecified atom stereocenters. The normalized spacial score (nSPS) is 19.9. The summed E-state index contributed by atoms with van der Waals surface area (Å²) in [6, 6.07) is 11.3. The van der Waals surface area contributed by atoms with Gasteiger partial charge < -0.3 is 14.5 Å². The molecule has 1 aromatic heterocycles. The summed E-state index contributed by atoms with van der Waals surface area (Å²) in [7, 11) is -1.83. The fourth-order valence-electron chi connectivity index (χ4n) is 4.12. The number of rotatable bonds is 5. The molecule has 1 amide bonds. The molecule has 0 spiro atoms. The van der Waals surface area contributed by atoms with Gasteiger partial charge >= 0.3 is 0 Å². The smallest absolute Gasteiger partial charge is 0.227 e. The van der Waals surface area contributed by atoms with E-state index in [2.05, 4.69) is 10.0 Å². The molecule has 1 aliphatic rings. The SMILES string of the molecule is COc1cc2c(cc1NC(=O)C1CCC(NS(=O)(=O)C(C)(C)C)CC1)oc1ccccc12. The molecule has 1 saturated carbocycles. The van der Waals surface area contributed by atoms with Crippen molar-refractivity contribution in [3.8, 4) is 5.75 Å². The molecule has 2 N–H and O–H groups in total. The summed E-state index contributed by atoms with van der Waals surface area (Å²) < 4.78 is 38.2. The van der Waals surface area contributed by atoms with Crippen molar-refractivity contribution in [3.63, 3.8) is 0 Å². The van der Waals surface area contributed by atoms with Crippen molar-refractivity contribution in [2.24, 2.45) is 5.92 Å². The second kappa shape index (κ2) is 8.41. The van der Waals surface area contributed by atoms with Gasteiger partial charge in [-0.05, 0) is 58.6 Å². The summed E-state index contributed by atoms with van der Waals surface area (Å²) in [5, 5.41) is 4.92. The number of nitrogens with one attached hydrogen (secondary N) is 2. The monoisotopic (exact) mass is 458 g/mol. The molecule has 0 saturated heterocycles. The van der Waals surface area contributed by atoms with Crippen LogP contribution in [-0.2, 0) is 14.8 Å². The van der Waals surface area contributed by atoms with E-state index in [1.807, 2.05) is 30.3 Å². The van der Waals surface area contributed by atoms with Crippen molar-refractivity contribution in [2.45, 2.75) is 57.2 Å². The first kappa shape index (κ1) is 22.6. The summed E-state index contributed by atoms with van der Waals surface area (Å²) >= 11 is 0. The molecule has 4 rings (SSSR count). The minimum atomic E-state index is -3.40. The topological polar surface area (TPSA) is 97.6 Å². The van der Waals surface area contributed by atoms with Crippen molar-refractivity contribution >= 4 is 43.6 Å². The number of amides is 1. The Kier molecular flexibility index (Phi) is 5.94. The summed E-state index contributed by atoms with van der Waals surface area (Å²) in [6.07, 6.45) is 2.51. The molecule has 1 fully saturated rings. The zero-order chi connectivity index (χ0) is 23.1. The van der Waals surface area contributed by atoms with Gasteiger partial charge in [-0.1, -0.05) is 18.2 Å². The molecule has 0 bridgehead atoms. The predicted molar refractivity (Wildman–Crippen MR) is 126 cm³/mol. The number of carbonyl (C=O) groups excluding carboxylic acids is 1. The number of methoxy groups -OCH3 is 1. The summed E-state index contributed by atoms with van der Waals surface area (Å²) in [4.78, 5) is 13.0. The van der Waals surface area contributed by atoms with E-state index >= 15 is 0 Å². The number of sulfonamides is 1. The Morgan fingerprint density at radius 1 is 1.03 bits per heavy atom. The van der Waals surface area contributed by atoms with Crippen LogP contribution in [0.5, 0.6) is 5.75 Å². The number of benzene rings is 2. The van der Waals surface area contributed by atoms with Crippen molar-refractivity contribution in [2.75, 3.05) is 12.4 Å². The Balaban J connectivity index is 1.46. The molecule has 0 atom stereocenters. The van der Waals surface area contributed by atoms with Crippen molar-refractivity contribution < 1.29 is 22.4 Å². The van der Waals surface area contributed by atoms with Crippen LogP contribution in [0.1, 0.15) is 46.5 Å². The fourth-order valence-corrected chi connectivity index (χ4v) is 5.15. The van der Waals surface area contributed by atoms with Gasteiger partial charge in [-0.3, -0.25) is 4.79 Å². The molecular weight excluding hydrogens is 428 g/mol. The highest BCUT2D eigenvalue weighted by molar-refractivity contribution is 7.90. The quantitative estimate of drug-likeness (QED) is 0.572. The van der Waals surface area contributed by atoms with E-state index in [-0.39, 0.29) is 17.9 Å². The van der Waals surface area contributed by atoms with Crippen molar-refractivity contribution in [1.29, 1.82) is 0 Å². The second-order valence-electron chi connectivity index (χ2n) is 9.42.